The highest BCUT2D eigenvalue weighted by Crippen LogP contribution is 2.27. The van der Waals surface area contributed by atoms with E-state index in [4.69, 9.17) is 0 Å². The molecule has 5 rings (SSSR count). The van der Waals surface area contributed by atoms with Gasteiger partial charge >= 0.3 is 0 Å². The van der Waals surface area contributed by atoms with Crippen LogP contribution < -0.4 is 5.43 Å². The molecule has 0 aliphatic carbocycles. The lowest BCUT2D eigenvalue weighted by molar-refractivity contribution is 0.0956. The molecular formula is C26H19N3O. The van der Waals surface area contributed by atoms with Gasteiger partial charge in [0.25, 0.3) is 5.91 Å². The molecule has 144 valence electrons. The van der Waals surface area contributed by atoms with Crippen molar-refractivity contribution in [2.75, 3.05) is 0 Å². The highest BCUT2D eigenvalue weighted by Gasteiger charge is 2.11. The molecule has 1 heterocycles. The summed E-state index contributed by atoms with van der Waals surface area (Å²) in [5.41, 5.74) is 5.84. The predicted octanol–water partition coefficient (Wildman–Crippen LogP) is 5.61. The van der Waals surface area contributed by atoms with Gasteiger partial charge in [-0.3, -0.25) is 9.78 Å². The summed E-state index contributed by atoms with van der Waals surface area (Å²) in [6.45, 7) is 1.88. The molecule has 4 heteroatoms. The molecule has 0 atom stereocenters. The number of hydrogen-bond donors (Lipinski definition) is 1. The van der Waals surface area contributed by atoms with E-state index in [9.17, 15) is 4.79 Å². The van der Waals surface area contributed by atoms with E-state index in [1.54, 1.807) is 12.3 Å². The first-order chi connectivity index (χ1) is 14.7. The summed E-state index contributed by atoms with van der Waals surface area (Å²) >= 11 is 0. The number of fused-ring (bicyclic) bond motifs is 3. The number of aryl methyl sites for hydroxylation is 1. The van der Waals surface area contributed by atoms with Gasteiger partial charge in [-0.05, 0) is 46.7 Å². The maximum Gasteiger partial charge on any atom is 0.272 e. The van der Waals surface area contributed by atoms with Crippen molar-refractivity contribution in [3.8, 4) is 0 Å². The molecule has 0 spiro atoms. The number of hydrazone groups is 1. The fourth-order valence-electron chi connectivity index (χ4n) is 3.90. The van der Waals surface area contributed by atoms with Gasteiger partial charge < -0.3 is 0 Å². The number of amides is 1. The van der Waals surface area contributed by atoms with Crippen LogP contribution in [0.1, 0.15) is 21.6 Å². The number of aromatic nitrogens is 1. The zero-order valence-electron chi connectivity index (χ0n) is 16.5. The Morgan fingerprint density at radius 2 is 1.43 bits per heavy atom. The van der Waals surface area contributed by atoms with Gasteiger partial charge in [-0.15, -0.1) is 0 Å². The van der Waals surface area contributed by atoms with E-state index in [0.29, 0.717) is 5.56 Å². The third-order valence-corrected chi connectivity index (χ3v) is 5.26. The normalized spacial score (nSPS) is 11.5. The molecule has 0 aliphatic rings. The molecule has 1 N–H and O–H groups in total. The summed E-state index contributed by atoms with van der Waals surface area (Å²) in [6, 6.07) is 28.0. The average molecular weight is 389 g/mol. The number of hydrogen-bond acceptors (Lipinski definition) is 3. The molecule has 0 unspecified atom stereocenters. The van der Waals surface area contributed by atoms with Gasteiger partial charge in [0, 0.05) is 16.6 Å². The Hall–Kier alpha value is -4.05. The van der Waals surface area contributed by atoms with Crippen LogP contribution in [0.2, 0.25) is 0 Å². The summed E-state index contributed by atoms with van der Waals surface area (Å²) in [4.78, 5) is 17.4. The maximum atomic E-state index is 12.9. The first kappa shape index (κ1) is 18.0. The number of carbonyl (C=O) groups excluding carboxylic acids is 1. The summed E-state index contributed by atoms with van der Waals surface area (Å²) in [6.07, 6.45) is 1.73. The molecular weight excluding hydrogens is 370 g/mol. The Morgan fingerprint density at radius 3 is 2.13 bits per heavy atom. The molecule has 0 aliphatic heterocycles. The van der Waals surface area contributed by atoms with Gasteiger partial charge in [-0.2, -0.15) is 5.10 Å². The predicted molar refractivity (Wildman–Crippen MR) is 123 cm³/mol. The third-order valence-electron chi connectivity index (χ3n) is 5.26. The van der Waals surface area contributed by atoms with Crippen LogP contribution in [-0.4, -0.2) is 17.1 Å². The van der Waals surface area contributed by atoms with Crippen molar-refractivity contribution in [1.82, 2.24) is 10.4 Å². The van der Waals surface area contributed by atoms with E-state index in [1.807, 2.05) is 55.5 Å². The van der Waals surface area contributed by atoms with Crippen molar-refractivity contribution in [1.29, 1.82) is 0 Å². The number of nitrogens with one attached hydrogen (secondary N) is 1. The lowest BCUT2D eigenvalue weighted by Crippen LogP contribution is -2.18. The quantitative estimate of drug-likeness (QED) is 0.248. The fourth-order valence-corrected chi connectivity index (χ4v) is 3.90. The summed E-state index contributed by atoms with van der Waals surface area (Å²) < 4.78 is 0. The van der Waals surface area contributed by atoms with Crippen LogP contribution in [-0.2, 0) is 0 Å². The fraction of sp³-hybridized carbons (Fsp3) is 0.0385. The van der Waals surface area contributed by atoms with Crippen molar-refractivity contribution in [2.45, 2.75) is 6.92 Å². The molecule has 0 radical (unpaired) electrons. The van der Waals surface area contributed by atoms with E-state index >= 15 is 0 Å². The molecule has 4 aromatic carbocycles. The Morgan fingerprint density at radius 1 is 0.833 bits per heavy atom. The van der Waals surface area contributed by atoms with Gasteiger partial charge in [0.05, 0.1) is 17.3 Å². The minimum atomic E-state index is -0.252. The Bertz CT molecular complexity index is 1400. The van der Waals surface area contributed by atoms with Crippen LogP contribution in [0.3, 0.4) is 0 Å². The van der Waals surface area contributed by atoms with Crippen molar-refractivity contribution in [3.05, 3.63) is 102 Å². The van der Waals surface area contributed by atoms with Gasteiger partial charge in [0.2, 0.25) is 0 Å². The maximum absolute atomic E-state index is 12.9. The van der Waals surface area contributed by atoms with Crippen molar-refractivity contribution in [2.24, 2.45) is 5.10 Å². The second kappa shape index (κ2) is 7.41. The van der Waals surface area contributed by atoms with Crippen LogP contribution in [0, 0.1) is 6.92 Å². The zero-order valence-corrected chi connectivity index (χ0v) is 16.5. The average Bonchev–Trinajstić information content (AvgIpc) is 2.78. The first-order valence-electron chi connectivity index (χ1n) is 9.81. The number of carbonyl (C=O) groups is 1. The van der Waals surface area contributed by atoms with Crippen LogP contribution in [0.4, 0.5) is 0 Å². The number of para-hydroxylation sites is 1. The Labute approximate surface area is 173 Å². The molecule has 0 fully saturated rings. The molecule has 5 aromatic rings. The molecule has 0 bridgehead atoms. The SMILES string of the molecule is Cc1cc(C(=O)N/N=C/c2c3ccccc3cc3ccccc23)c2ccccc2n1. The van der Waals surface area contributed by atoms with Crippen molar-refractivity contribution < 1.29 is 4.79 Å². The number of benzene rings is 4. The van der Waals surface area contributed by atoms with E-state index in [1.165, 1.54) is 0 Å². The Balaban J connectivity index is 1.54. The lowest BCUT2D eigenvalue weighted by Gasteiger charge is -2.08. The van der Waals surface area contributed by atoms with E-state index in [2.05, 4.69) is 45.8 Å². The van der Waals surface area contributed by atoms with Gasteiger partial charge in [0.15, 0.2) is 0 Å². The molecule has 0 saturated carbocycles. The van der Waals surface area contributed by atoms with E-state index in [0.717, 1.165) is 43.7 Å². The van der Waals surface area contributed by atoms with Gasteiger partial charge in [-0.25, -0.2) is 5.43 Å². The highest BCUT2D eigenvalue weighted by molar-refractivity contribution is 6.13. The highest BCUT2D eigenvalue weighted by atomic mass is 16.2. The third kappa shape index (κ3) is 3.18. The van der Waals surface area contributed by atoms with Crippen molar-refractivity contribution >= 4 is 44.6 Å². The topological polar surface area (TPSA) is 54.4 Å². The van der Waals surface area contributed by atoms with E-state index in [-0.39, 0.29) is 5.91 Å². The molecule has 1 amide bonds. The second-order valence-corrected chi connectivity index (χ2v) is 7.26. The van der Waals surface area contributed by atoms with E-state index < -0.39 is 0 Å². The van der Waals surface area contributed by atoms with Crippen LogP contribution in [0.25, 0.3) is 32.4 Å². The minimum Gasteiger partial charge on any atom is -0.267 e. The molecule has 0 saturated heterocycles. The number of pyridine rings is 1. The van der Waals surface area contributed by atoms with Gasteiger partial charge in [0.1, 0.15) is 0 Å². The summed E-state index contributed by atoms with van der Waals surface area (Å²) in [5, 5.41) is 9.59. The molecule has 4 nitrogen and oxygen atoms in total. The van der Waals surface area contributed by atoms with Crippen LogP contribution in [0.5, 0.6) is 0 Å². The standard InChI is InChI=1S/C26H19N3O/c1-17-14-23(22-12-6-7-13-25(22)28-17)26(30)29-27-16-24-20-10-4-2-8-18(20)15-19-9-3-5-11-21(19)24/h2-16H,1H3,(H,29,30)/b27-16+. The minimum absolute atomic E-state index is 0.252. The smallest absolute Gasteiger partial charge is 0.267 e. The van der Waals surface area contributed by atoms with Crippen molar-refractivity contribution in [3.63, 3.8) is 0 Å². The summed E-state index contributed by atoms with van der Waals surface area (Å²) in [5.74, 6) is -0.252. The van der Waals surface area contributed by atoms with Gasteiger partial charge in [-0.1, -0.05) is 66.7 Å². The number of nitrogens with zero attached hydrogens (tertiary/aromatic N) is 2. The molecule has 30 heavy (non-hydrogen) atoms. The first-order valence-corrected chi connectivity index (χ1v) is 9.81. The van der Waals surface area contributed by atoms with Crippen LogP contribution in [0.15, 0.2) is 90.0 Å². The zero-order chi connectivity index (χ0) is 20.5. The largest absolute Gasteiger partial charge is 0.272 e. The Kier molecular flexibility index (Phi) is 4.45. The monoisotopic (exact) mass is 389 g/mol. The van der Waals surface area contributed by atoms with Crippen LogP contribution >= 0.6 is 0 Å². The number of rotatable bonds is 3. The lowest BCUT2D eigenvalue weighted by atomic mass is 9.97. The molecule has 1 aromatic heterocycles. The second-order valence-electron chi connectivity index (χ2n) is 7.26. The summed E-state index contributed by atoms with van der Waals surface area (Å²) in [7, 11) is 0.